The van der Waals surface area contributed by atoms with Crippen LogP contribution in [0.4, 0.5) is 0 Å². The molecular formula is C10H18N4O. The smallest absolute Gasteiger partial charge is 0.167 e. The van der Waals surface area contributed by atoms with Gasteiger partial charge >= 0.3 is 0 Å². The van der Waals surface area contributed by atoms with Crippen molar-refractivity contribution in [3.63, 3.8) is 0 Å². The fraction of sp³-hybridized carbons (Fsp3) is 0.800. The molecule has 0 bridgehead atoms. The van der Waals surface area contributed by atoms with Crippen molar-refractivity contribution in [2.24, 2.45) is 5.73 Å². The summed E-state index contributed by atoms with van der Waals surface area (Å²) in [6, 6.07) is -0.249. The van der Waals surface area contributed by atoms with E-state index < -0.39 is 0 Å². The predicted molar refractivity (Wildman–Crippen MR) is 56.2 cm³/mol. The second-order valence-corrected chi connectivity index (χ2v) is 4.18. The highest BCUT2D eigenvalue weighted by Gasteiger charge is 2.21. The van der Waals surface area contributed by atoms with E-state index >= 15 is 0 Å². The van der Waals surface area contributed by atoms with E-state index in [0.717, 1.165) is 5.82 Å². The Morgan fingerprint density at radius 2 is 2.20 bits per heavy atom. The van der Waals surface area contributed by atoms with E-state index in [4.69, 9.17) is 10.8 Å². The van der Waals surface area contributed by atoms with E-state index in [-0.39, 0.29) is 12.6 Å². The first-order valence-corrected chi connectivity index (χ1v) is 5.60. The van der Waals surface area contributed by atoms with Crippen molar-refractivity contribution in [1.29, 1.82) is 0 Å². The third-order valence-corrected chi connectivity index (χ3v) is 3.03. The molecular weight excluding hydrogens is 192 g/mol. The number of rotatable bonds is 4. The molecule has 1 saturated carbocycles. The SMILES string of the molecule is NC(CCO)c1n[nH]c(C2CCCC2)n1. The van der Waals surface area contributed by atoms with Gasteiger partial charge in [0.25, 0.3) is 0 Å². The Morgan fingerprint density at radius 1 is 1.47 bits per heavy atom. The maximum Gasteiger partial charge on any atom is 0.167 e. The minimum Gasteiger partial charge on any atom is -0.396 e. The zero-order valence-electron chi connectivity index (χ0n) is 8.82. The van der Waals surface area contributed by atoms with Gasteiger partial charge in [-0.2, -0.15) is 5.10 Å². The number of hydrogen-bond donors (Lipinski definition) is 3. The topological polar surface area (TPSA) is 87.8 Å². The molecule has 0 amide bonds. The van der Waals surface area contributed by atoms with Gasteiger partial charge in [-0.1, -0.05) is 12.8 Å². The Hall–Kier alpha value is -0.940. The summed E-state index contributed by atoms with van der Waals surface area (Å²) in [6.07, 6.45) is 5.47. The number of nitrogens with zero attached hydrogens (tertiary/aromatic N) is 2. The first kappa shape index (κ1) is 10.6. The van der Waals surface area contributed by atoms with E-state index in [9.17, 15) is 0 Å². The summed E-state index contributed by atoms with van der Waals surface area (Å²) in [5.41, 5.74) is 5.81. The maximum atomic E-state index is 8.77. The summed E-state index contributed by atoms with van der Waals surface area (Å²) in [7, 11) is 0. The zero-order chi connectivity index (χ0) is 10.7. The van der Waals surface area contributed by atoms with Crippen molar-refractivity contribution >= 4 is 0 Å². The molecule has 2 rings (SSSR count). The normalized spacial score (nSPS) is 19.6. The van der Waals surface area contributed by atoms with Crippen LogP contribution in [0.2, 0.25) is 0 Å². The molecule has 0 aromatic carbocycles. The predicted octanol–water partition coefficient (Wildman–Crippen LogP) is 0.844. The molecule has 84 valence electrons. The second kappa shape index (κ2) is 4.72. The van der Waals surface area contributed by atoms with E-state index in [1.165, 1.54) is 25.7 Å². The van der Waals surface area contributed by atoms with Crippen molar-refractivity contribution < 1.29 is 5.11 Å². The minimum absolute atomic E-state index is 0.0778. The molecule has 1 aromatic heterocycles. The van der Waals surface area contributed by atoms with Gasteiger partial charge in [-0.3, -0.25) is 5.10 Å². The van der Waals surface area contributed by atoms with Crippen molar-refractivity contribution in [1.82, 2.24) is 15.2 Å². The molecule has 1 atom stereocenters. The third-order valence-electron chi connectivity index (χ3n) is 3.03. The van der Waals surface area contributed by atoms with Crippen LogP contribution in [0.15, 0.2) is 0 Å². The van der Waals surface area contributed by atoms with E-state index in [1.54, 1.807) is 0 Å². The van der Waals surface area contributed by atoms with Gasteiger partial charge in [-0.25, -0.2) is 4.98 Å². The maximum absolute atomic E-state index is 8.77. The fourth-order valence-corrected chi connectivity index (χ4v) is 2.10. The second-order valence-electron chi connectivity index (χ2n) is 4.18. The Labute approximate surface area is 89.1 Å². The average molecular weight is 210 g/mol. The molecule has 1 aliphatic carbocycles. The van der Waals surface area contributed by atoms with Gasteiger partial charge < -0.3 is 10.8 Å². The van der Waals surface area contributed by atoms with Gasteiger partial charge in [0.05, 0.1) is 6.04 Å². The number of aliphatic hydroxyl groups is 1. The zero-order valence-corrected chi connectivity index (χ0v) is 8.82. The number of aromatic amines is 1. The lowest BCUT2D eigenvalue weighted by Crippen LogP contribution is -2.13. The van der Waals surface area contributed by atoms with Crippen LogP contribution in [-0.2, 0) is 0 Å². The number of nitrogens with two attached hydrogens (primary N) is 1. The molecule has 0 saturated heterocycles. The molecule has 15 heavy (non-hydrogen) atoms. The average Bonchev–Trinajstić information content (AvgIpc) is 2.89. The van der Waals surface area contributed by atoms with Gasteiger partial charge in [0.15, 0.2) is 5.82 Å². The Bertz CT molecular complexity index is 306. The summed E-state index contributed by atoms with van der Waals surface area (Å²) in [5.74, 6) is 2.13. The summed E-state index contributed by atoms with van der Waals surface area (Å²) < 4.78 is 0. The standard InChI is InChI=1S/C10H18N4O/c11-8(5-6-15)10-12-9(13-14-10)7-3-1-2-4-7/h7-8,15H,1-6,11H2,(H,12,13,14). The molecule has 5 heteroatoms. The molecule has 1 unspecified atom stereocenters. The number of nitrogens with one attached hydrogen (secondary N) is 1. The van der Waals surface area contributed by atoms with E-state index in [0.29, 0.717) is 18.2 Å². The Morgan fingerprint density at radius 3 is 2.87 bits per heavy atom. The number of hydrogen-bond acceptors (Lipinski definition) is 4. The molecule has 0 aliphatic heterocycles. The number of aromatic nitrogens is 3. The summed E-state index contributed by atoms with van der Waals surface area (Å²) in [5, 5.41) is 15.8. The number of aliphatic hydroxyl groups excluding tert-OH is 1. The lowest BCUT2D eigenvalue weighted by atomic mass is 10.1. The highest BCUT2D eigenvalue weighted by molar-refractivity contribution is 5.02. The van der Waals surface area contributed by atoms with Crippen LogP contribution in [-0.4, -0.2) is 26.9 Å². The minimum atomic E-state index is -0.249. The first-order valence-electron chi connectivity index (χ1n) is 5.60. The molecule has 1 fully saturated rings. The third kappa shape index (κ3) is 2.35. The van der Waals surface area contributed by atoms with Crippen molar-refractivity contribution in [3.05, 3.63) is 11.6 Å². The van der Waals surface area contributed by atoms with Crippen LogP contribution in [0.3, 0.4) is 0 Å². The molecule has 0 spiro atoms. The van der Waals surface area contributed by atoms with Crippen LogP contribution in [0.5, 0.6) is 0 Å². The molecule has 5 nitrogen and oxygen atoms in total. The molecule has 1 heterocycles. The summed E-state index contributed by atoms with van der Waals surface area (Å²) >= 11 is 0. The monoisotopic (exact) mass is 210 g/mol. The van der Waals surface area contributed by atoms with Gasteiger partial charge in [-0.05, 0) is 19.3 Å². The highest BCUT2D eigenvalue weighted by Crippen LogP contribution is 2.32. The largest absolute Gasteiger partial charge is 0.396 e. The van der Waals surface area contributed by atoms with E-state index in [2.05, 4.69) is 15.2 Å². The molecule has 0 radical (unpaired) electrons. The Balaban J connectivity index is 2.02. The van der Waals surface area contributed by atoms with Crippen molar-refractivity contribution in [2.45, 2.75) is 44.1 Å². The van der Waals surface area contributed by atoms with Gasteiger partial charge in [0.1, 0.15) is 5.82 Å². The van der Waals surface area contributed by atoms with Crippen molar-refractivity contribution in [3.8, 4) is 0 Å². The van der Waals surface area contributed by atoms with Crippen molar-refractivity contribution in [2.75, 3.05) is 6.61 Å². The van der Waals surface area contributed by atoms with Crippen LogP contribution < -0.4 is 5.73 Å². The van der Waals surface area contributed by atoms with Crippen LogP contribution in [0, 0.1) is 0 Å². The fourth-order valence-electron chi connectivity index (χ4n) is 2.10. The lowest BCUT2D eigenvalue weighted by molar-refractivity contribution is 0.274. The molecule has 1 aromatic rings. The van der Waals surface area contributed by atoms with Crippen LogP contribution in [0.25, 0.3) is 0 Å². The Kier molecular flexibility index (Phi) is 3.33. The number of H-pyrrole nitrogens is 1. The lowest BCUT2D eigenvalue weighted by Gasteiger charge is -2.04. The van der Waals surface area contributed by atoms with Gasteiger partial charge in [0, 0.05) is 12.5 Å². The van der Waals surface area contributed by atoms with Gasteiger partial charge in [0.2, 0.25) is 0 Å². The van der Waals surface area contributed by atoms with Gasteiger partial charge in [-0.15, -0.1) is 0 Å². The quantitative estimate of drug-likeness (QED) is 0.687. The van der Waals surface area contributed by atoms with Crippen LogP contribution >= 0.6 is 0 Å². The van der Waals surface area contributed by atoms with Crippen LogP contribution in [0.1, 0.15) is 55.7 Å². The highest BCUT2D eigenvalue weighted by atomic mass is 16.3. The van der Waals surface area contributed by atoms with E-state index in [1.807, 2.05) is 0 Å². The molecule has 4 N–H and O–H groups in total. The summed E-state index contributed by atoms with van der Waals surface area (Å²) in [4.78, 5) is 4.41. The summed E-state index contributed by atoms with van der Waals surface area (Å²) in [6.45, 7) is 0.0778. The first-order chi connectivity index (χ1) is 7.31. The molecule has 1 aliphatic rings.